The predicted octanol–water partition coefficient (Wildman–Crippen LogP) is 1.98. The Kier molecular flexibility index (Phi) is 4.62. The molecule has 1 unspecified atom stereocenters. The van der Waals surface area contributed by atoms with Crippen molar-refractivity contribution in [1.82, 2.24) is 10.5 Å². The average molecular weight is 231 g/mol. The number of halogens is 1. The van der Waals surface area contributed by atoms with E-state index in [1.54, 1.807) is 13.0 Å². The smallest absolute Gasteiger partial charge is 0.289 e. The molecule has 0 saturated heterocycles. The molecule has 1 N–H and O–H groups in total. The van der Waals surface area contributed by atoms with E-state index in [1.165, 1.54) is 0 Å². The Balaban J connectivity index is 2.36. The number of aromatic nitrogens is 1. The minimum Gasteiger partial charge on any atom is -0.351 e. The highest BCUT2D eigenvalue weighted by Crippen LogP contribution is 2.04. The first-order valence-corrected chi connectivity index (χ1v) is 5.44. The van der Waals surface area contributed by atoms with Crippen LogP contribution in [0.3, 0.4) is 0 Å². The summed E-state index contributed by atoms with van der Waals surface area (Å²) >= 11 is 5.59. The van der Waals surface area contributed by atoms with Crippen molar-refractivity contribution in [2.45, 2.75) is 20.3 Å². The Morgan fingerprint density at radius 2 is 2.47 bits per heavy atom. The molecule has 84 valence electrons. The number of carbonyl (C=O) groups excluding carboxylic acids is 1. The van der Waals surface area contributed by atoms with Crippen LogP contribution in [0.15, 0.2) is 10.6 Å². The molecule has 0 saturated carbocycles. The lowest BCUT2D eigenvalue weighted by Crippen LogP contribution is -2.28. The van der Waals surface area contributed by atoms with Gasteiger partial charge in [-0.25, -0.2) is 0 Å². The van der Waals surface area contributed by atoms with Gasteiger partial charge in [0.2, 0.25) is 5.76 Å². The maximum Gasteiger partial charge on any atom is 0.289 e. The molecule has 1 amide bonds. The maximum absolute atomic E-state index is 11.5. The molecule has 4 nitrogen and oxygen atoms in total. The van der Waals surface area contributed by atoms with Crippen LogP contribution in [0.2, 0.25) is 0 Å². The summed E-state index contributed by atoms with van der Waals surface area (Å²) in [6.45, 7) is 4.41. The SMILES string of the molecule is Cc1cc(C(=O)NCC(C)CCCl)on1. The molecule has 0 fully saturated rings. The van der Waals surface area contributed by atoms with Gasteiger partial charge in [0.25, 0.3) is 5.91 Å². The van der Waals surface area contributed by atoms with E-state index in [9.17, 15) is 4.79 Å². The Hall–Kier alpha value is -1.03. The van der Waals surface area contributed by atoms with Gasteiger partial charge in [-0.15, -0.1) is 11.6 Å². The summed E-state index contributed by atoms with van der Waals surface area (Å²) in [4.78, 5) is 11.5. The van der Waals surface area contributed by atoms with Crippen molar-refractivity contribution in [1.29, 1.82) is 0 Å². The van der Waals surface area contributed by atoms with Gasteiger partial charge in [0, 0.05) is 18.5 Å². The summed E-state index contributed by atoms with van der Waals surface area (Å²) < 4.78 is 4.83. The lowest BCUT2D eigenvalue weighted by molar-refractivity contribution is 0.0911. The van der Waals surface area contributed by atoms with Gasteiger partial charge in [-0.2, -0.15) is 0 Å². The lowest BCUT2D eigenvalue weighted by atomic mass is 10.1. The first kappa shape index (κ1) is 12.0. The van der Waals surface area contributed by atoms with E-state index in [1.807, 2.05) is 6.92 Å². The molecule has 0 bridgehead atoms. The summed E-state index contributed by atoms with van der Waals surface area (Å²) in [7, 11) is 0. The third kappa shape index (κ3) is 3.91. The number of nitrogens with zero attached hydrogens (tertiary/aromatic N) is 1. The van der Waals surface area contributed by atoms with Crippen LogP contribution in [0, 0.1) is 12.8 Å². The second kappa shape index (κ2) is 5.75. The van der Waals surface area contributed by atoms with Crippen LogP contribution in [0.25, 0.3) is 0 Å². The molecule has 1 heterocycles. The number of rotatable bonds is 5. The van der Waals surface area contributed by atoms with Gasteiger partial charge in [-0.1, -0.05) is 12.1 Å². The highest BCUT2D eigenvalue weighted by atomic mass is 35.5. The quantitative estimate of drug-likeness (QED) is 0.787. The van der Waals surface area contributed by atoms with Crippen LogP contribution in [0.1, 0.15) is 29.6 Å². The third-order valence-electron chi connectivity index (χ3n) is 2.06. The van der Waals surface area contributed by atoms with Crippen molar-refractivity contribution in [3.8, 4) is 0 Å². The zero-order valence-electron chi connectivity index (χ0n) is 8.92. The van der Waals surface area contributed by atoms with Crippen LogP contribution in [-0.2, 0) is 0 Å². The standard InChI is InChI=1S/C10H15ClN2O2/c1-7(3-4-11)6-12-10(14)9-5-8(2)13-15-9/h5,7H,3-4,6H2,1-2H3,(H,12,14). The van der Waals surface area contributed by atoms with E-state index < -0.39 is 0 Å². The number of hydrogen-bond donors (Lipinski definition) is 1. The van der Waals surface area contributed by atoms with Crippen LogP contribution >= 0.6 is 11.6 Å². The largest absolute Gasteiger partial charge is 0.351 e. The normalized spacial score (nSPS) is 12.5. The van der Waals surface area contributed by atoms with Gasteiger partial charge < -0.3 is 9.84 Å². The number of amides is 1. The summed E-state index contributed by atoms with van der Waals surface area (Å²) in [6, 6.07) is 1.61. The van der Waals surface area contributed by atoms with Crippen molar-refractivity contribution < 1.29 is 9.32 Å². The molecule has 0 aromatic carbocycles. The number of aryl methyl sites for hydroxylation is 1. The molecule has 1 aromatic rings. The van der Waals surface area contributed by atoms with Crippen molar-refractivity contribution in [3.05, 3.63) is 17.5 Å². The summed E-state index contributed by atoms with van der Waals surface area (Å²) in [5.41, 5.74) is 0.703. The van der Waals surface area contributed by atoms with E-state index >= 15 is 0 Å². The van der Waals surface area contributed by atoms with E-state index in [0.29, 0.717) is 24.0 Å². The monoisotopic (exact) mass is 230 g/mol. The van der Waals surface area contributed by atoms with Gasteiger partial charge in [-0.05, 0) is 19.3 Å². The van der Waals surface area contributed by atoms with Crippen LogP contribution in [0.4, 0.5) is 0 Å². The second-order valence-corrected chi connectivity index (χ2v) is 4.00. The highest BCUT2D eigenvalue weighted by molar-refractivity contribution is 6.17. The molecule has 5 heteroatoms. The second-order valence-electron chi connectivity index (χ2n) is 3.63. The molecule has 0 radical (unpaired) electrons. The summed E-state index contributed by atoms with van der Waals surface area (Å²) in [5, 5.41) is 6.41. The fourth-order valence-electron chi connectivity index (χ4n) is 1.11. The molecule has 0 aliphatic rings. The minimum atomic E-state index is -0.225. The van der Waals surface area contributed by atoms with E-state index in [0.717, 1.165) is 6.42 Å². The summed E-state index contributed by atoms with van der Waals surface area (Å²) in [5.74, 6) is 1.01. The highest BCUT2D eigenvalue weighted by Gasteiger charge is 2.11. The molecule has 0 aliphatic heterocycles. The number of nitrogens with one attached hydrogen (secondary N) is 1. The topological polar surface area (TPSA) is 55.1 Å². The first-order valence-electron chi connectivity index (χ1n) is 4.91. The van der Waals surface area contributed by atoms with Gasteiger partial charge >= 0.3 is 0 Å². The third-order valence-corrected chi connectivity index (χ3v) is 2.28. The average Bonchev–Trinajstić information content (AvgIpc) is 2.62. The van der Waals surface area contributed by atoms with Crippen LogP contribution < -0.4 is 5.32 Å². The molecule has 0 spiro atoms. The van der Waals surface area contributed by atoms with Crippen LogP contribution in [-0.4, -0.2) is 23.5 Å². The van der Waals surface area contributed by atoms with Gasteiger partial charge in [0.1, 0.15) is 0 Å². The molecular weight excluding hydrogens is 216 g/mol. The van der Waals surface area contributed by atoms with Gasteiger partial charge in [-0.3, -0.25) is 4.79 Å². The van der Waals surface area contributed by atoms with Gasteiger partial charge in [0.15, 0.2) is 0 Å². The molecule has 1 atom stereocenters. The predicted molar refractivity (Wildman–Crippen MR) is 58.1 cm³/mol. The zero-order valence-corrected chi connectivity index (χ0v) is 9.67. The number of carbonyl (C=O) groups is 1. The van der Waals surface area contributed by atoms with Crippen molar-refractivity contribution in [2.24, 2.45) is 5.92 Å². The van der Waals surface area contributed by atoms with E-state index in [-0.39, 0.29) is 11.7 Å². The minimum absolute atomic E-state index is 0.225. The van der Waals surface area contributed by atoms with Crippen molar-refractivity contribution in [3.63, 3.8) is 0 Å². The number of alkyl halides is 1. The van der Waals surface area contributed by atoms with Gasteiger partial charge in [0.05, 0.1) is 5.69 Å². The van der Waals surface area contributed by atoms with E-state index in [4.69, 9.17) is 16.1 Å². The van der Waals surface area contributed by atoms with Crippen molar-refractivity contribution >= 4 is 17.5 Å². The molecule has 1 rings (SSSR count). The fraction of sp³-hybridized carbons (Fsp3) is 0.600. The molecule has 1 aromatic heterocycles. The Bertz CT molecular complexity index is 325. The molecule has 15 heavy (non-hydrogen) atoms. The first-order chi connectivity index (χ1) is 7.13. The Labute approximate surface area is 94.0 Å². The Morgan fingerprint density at radius 1 is 1.73 bits per heavy atom. The summed E-state index contributed by atoms with van der Waals surface area (Å²) in [6.07, 6.45) is 0.886. The zero-order chi connectivity index (χ0) is 11.3. The molecule has 0 aliphatic carbocycles. The van der Waals surface area contributed by atoms with Crippen molar-refractivity contribution in [2.75, 3.05) is 12.4 Å². The van der Waals surface area contributed by atoms with E-state index in [2.05, 4.69) is 10.5 Å². The number of hydrogen-bond acceptors (Lipinski definition) is 3. The fourth-order valence-corrected chi connectivity index (χ4v) is 1.49. The lowest BCUT2D eigenvalue weighted by Gasteiger charge is -2.09. The molecular formula is C10H15ClN2O2. The maximum atomic E-state index is 11.5. The van der Waals surface area contributed by atoms with Crippen LogP contribution in [0.5, 0.6) is 0 Å². The Morgan fingerprint density at radius 3 is 3.00 bits per heavy atom.